The van der Waals surface area contributed by atoms with Gasteiger partial charge in [0.2, 0.25) is 0 Å². The van der Waals surface area contributed by atoms with Gasteiger partial charge in [-0.1, -0.05) is 37.1 Å². The van der Waals surface area contributed by atoms with Crippen molar-refractivity contribution >= 4 is 11.6 Å². The quantitative estimate of drug-likeness (QED) is 0.538. The van der Waals surface area contributed by atoms with Gasteiger partial charge in [0.25, 0.3) is 0 Å². The molecular weight excluding hydrogens is 396 g/mol. The van der Waals surface area contributed by atoms with E-state index in [1.54, 1.807) is 6.92 Å². The maximum Gasteiger partial charge on any atom is 0.417 e. The second-order valence-corrected chi connectivity index (χ2v) is 8.38. The molecule has 0 amide bonds. The zero-order chi connectivity index (χ0) is 21.3. The Morgan fingerprint density at radius 2 is 1.86 bits per heavy atom. The maximum absolute atomic E-state index is 14.0. The second kappa shape index (κ2) is 8.07. The highest BCUT2D eigenvalue weighted by molar-refractivity contribution is 6.30. The highest BCUT2D eigenvalue weighted by Crippen LogP contribution is 2.48. The van der Waals surface area contributed by atoms with Crippen LogP contribution >= 0.6 is 11.6 Å². The summed E-state index contributed by atoms with van der Waals surface area (Å²) in [4.78, 5) is 0. The molecule has 0 radical (unpaired) electrons. The van der Waals surface area contributed by atoms with Gasteiger partial charge in [-0.15, -0.1) is 0 Å². The number of aliphatic hydroxyl groups is 1. The van der Waals surface area contributed by atoms with Gasteiger partial charge in [0.1, 0.15) is 11.6 Å². The van der Waals surface area contributed by atoms with E-state index in [1.807, 2.05) is 6.08 Å². The van der Waals surface area contributed by atoms with Crippen molar-refractivity contribution in [3.8, 4) is 5.75 Å². The molecule has 0 bridgehead atoms. The van der Waals surface area contributed by atoms with E-state index < -0.39 is 35.9 Å². The predicted molar refractivity (Wildman–Crippen MR) is 102 cm³/mol. The Morgan fingerprint density at radius 1 is 1.21 bits per heavy atom. The van der Waals surface area contributed by atoms with Crippen LogP contribution < -0.4 is 4.74 Å². The SMILES string of the molecule is COc1ccc(F)cc1C(C)(C)CC(O)(CC1=C(Cl)CCC=C1C)C(F)(F)F. The molecule has 28 heavy (non-hydrogen) atoms. The fraction of sp³-hybridized carbons (Fsp3) is 0.524. The average Bonchev–Trinajstić information content (AvgIpc) is 2.57. The summed E-state index contributed by atoms with van der Waals surface area (Å²) in [5.74, 6) is -0.321. The van der Waals surface area contributed by atoms with E-state index in [0.717, 1.165) is 6.07 Å². The Hall–Kier alpha value is -1.53. The van der Waals surface area contributed by atoms with Gasteiger partial charge in [0.05, 0.1) is 7.11 Å². The van der Waals surface area contributed by atoms with Crippen LogP contribution in [0.3, 0.4) is 0 Å². The number of alkyl halides is 3. The normalized spacial score (nSPS) is 18.0. The summed E-state index contributed by atoms with van der Waals surface area (Å²) in [6.45, 7) is 4.75. The van der Waals surface area contributed by atoms with Gasteiger partial charge < -0.3 is 9.84 Å². The van der Waals surface area contributed by atoms with Crippen molar-refractivity contribution in [1.82, 2.24) is 0 Å². The molecule has 1 aliphatic carbocycles. The molecular formula is C21H25ClF4O2. The summed E-state index contributed by atoms with van der Waals surface area (Å²) in [5, 5.41) is 11.1. The van der Waals surface area contributed by atoms with Crippen LogP contribution in [0.15, 0.2) is 40.5 Å². The molecule has 7 heteroatoms. The fourth-order valence-electron chi connectivity index (χ4n) is 3.73. The van der Waals surface area contributed by atoms with Crippen LogP contribution in [0.1, 0.15) is 52.0 Å². The first kappa shape index (κ1) is 22.8. The third kappa shape index (κ3) is 4.71. The molecule has 1 atom stereocenters. The molecule has 1 aromatic carbocycles. The number of allylic oxidation sites excluding steroid dienone is 3. The lowest BCUT2D eigenvalue weighted by atomic mass is 9.72. The van der Waals surface area contributed by atoms with Crippen molar-refractivity contribution in [2.45, 2.75) is 63.6 Å². The molecule has 0 aliphatic heterocycles. The van der Waals surface area contributed by atoms with Crippen molar-refractivity contribution in [1.29, 1.82) is 0 Å². The first-order valence-electron chi connectivity index (χ1n) is 8.98. The molecule has 0 heterocycles. The fourth-order valence-corrected chi connectivity index (χ4v) is 4.05. The number of rotatable bonds is 6. The van der Waals surface area contributed by atoms with E-state index in [2.05, 4.69) is 0 Å². The minimum atomic E-state index is -4.90. The van der Waals surface area contributed by atoms with E-state index in [0.29, 0.717) is 29.0 Å². The predicted octanol–water partition coefficient (Wildman–Crippen LogP) is 6.42. The summed E-state index contributed by atoms with van der Waals surface area (Å²) < 4.78 is 60.9. The lowest BCUT2D eigenvalue weighted by molar-refractivity contribution is -0.266. The van der Waals surface area contributed by atoms with E-state index in [1.165, 1.54) is 33.1 Å². The van der Waals surface area contributed by atoms with E-state index in [-0.39, 0.29) is 11.3 Å². The standard InChI is InChI=1S/C21H25ClF4O2/c1-13-6-5-7-17(22)15(13)11-20(27,21(24,25)26)12-19(2,3)16-10-14(23)8-9-18(16)28-4/h6,8-10,27H,5,7,11-12H2,1-4H3. The van der Waals surface area contributed by atoms with E-state index >= 15 is 0 Å². The van der Waals surface area contributed by atoms with Crippen LogP contribution in [0.25, 0.3) is 0 Å². The molecule has 1 aliphatic rings. The smallest absolute Gasteiger partial charge is 0.417 e. The number of hydrogen-bond acceptors (Lipinski definition) is 2. The average molecular weight is 421 g/mol. The van der Waals surface area contributed by atoms with Crippen molar-refractivity contribution in [3.63, 3.8) is 0 Å². The molecule has 1 N–H and O–H groups in total. The Labute approximate surface area is 167 Å². The lowest BCUT2D eigenvalue weighted by Gasteiger charge is -2.39. The van der Waals surface area contributed by atoms with E-state index in [9.17, 15) is 22.7 Å². The summed E-state index contributed by atoms with van der Waals surface area (Å²) in [6, 6.07) is 3.69. The van der Waals surface area contributed by atoms with Crippen LogP contribution in [0.2, 0.25) is 0 Å². The Balaban J connectivity index is 2.47. The number of benzene rings is 1. The van der Waals surface area contributed by atoms with Crippen molar-refractivity contribution in [2.75, 3.05) is 7.11 Å². The first-order chi connectivity index (χ1) is 12.8. The van der Waals surface area contributed by atoms with Crippen molar-refractivity contribution in [3.05, 3.63) is 51.8 Å². The molecule has 156 valence electrons. The van der Waals surface area contributed by atoms with Crippen molar-refractivity contribution < 1.29 is 27.4 Å². The summed E-state index contributed by atoms with van der Waals surface area (Å²) in [5.41, 5.74) is -3.05. The zero-order valence-electron chi connectivity index (χ0n) is 16.4. The Morgan fingerprint density at radius 3 is 2.39 bits per heavy atom. The highest BCUT2D eigenvalue weighted by Gasteiger charge is 2.56. The Bertz CT molecular complexity index is 796. The molecule has 1 unspecified atom stereocenters. The van der Waals surface area contributed by atoms with Crippen LogP contribution in [-0.4, -0.2) is 24.0 Å². The minimum absolute atomic E-state index is 0.258. The molecule has 0 saturated carbocycles. The molecule has 2 nitrogen and oxygen atoms in total. The molecule has 0 saturated heterocycles. The number of methoxy groups -OCH3 is 1. The summed E-state index contributed by atoms with van der Waals surface area (Å²) in [6.07, 6.45) is -3.30. The molecule has 0 spiro atoms. The van der Waals surface area contributed by atoms with Crippen LogP contribution in [0.4, 0.5) is 17.6 Å². The zero-order valence-corrected chi connectivity index (χ0v) is 17.1. The van der Waals surface area contributed by atoms with Crippen LogP contribution in [0.5, 0.6) is 5.75 Å². The number of hydrogen-bond donors (Lipinski definition) is 1. The third-order valence-corrected chi connectivity index (χ3v) is 5.66. The molecule has 2 rings (SSSR count). The van der Waals surface area contributed by atoms with E-state index in [4.69, 9.17) is 16.3 Å². The second-order valence-electron chi connectivity index (χ2n) is 7.92. The summed E-state index contributed by atoms with van der Waals surface area (Å²) >= 11 is 6.18. The van der Waals surface area contributed by atoms with Crippen LogP contribution in [-0.2, 0) is 5.41 Å². The maximum atomic E-state index is 14.0. The first-order valence-corrected chi connectivity index (χ1v) is 9.36. The minimum Gasteiger partial charge on any atom is -0.496 e. The largest absolute Gasteiger partial charge is 0.496 e. The van der Waals surface area contributed by atoms with Gasteiger partial charge in [-0.3, -0.25) is 0 Å². The van der Waals surface area contributed by atoms with Gasteiger partial charge in [-0.2, -0.15) is 13.2 Å². The molecule has 0 fully saturated rings. The topological polar surface area (TPSA) is 29.5 Å². The van der Waals surface area contributed by atoms with Gasteiger partial charge in [-0.05, 0) is 55.4 Å². The molecule has 1 aromatic rings. The van der Waals surface area contributed by atoms with Gasteiger partial charge >= 0.3 is 6.18 Å². The van der Waals surface area contributed by atoms with Crippen LogP contribution in [0, 0.1) is 5.82 Å². The molecule has 0 aromatic heterocycles. The number of halogens is 5. The van der Waals surface area contributed by atoms with Gasteiger partial charge in [0.15, 0.2) is 5.60 Å². The van der Waals surface area contributed by atoms with Crippen molar-refractivity contribution in [2.24, 2.45) is 0 Å². The Kier molecular flexibility index (Phi) is 6.56. The monoisotopic (exact) mass is 420 g/mol. The highest BCUT2D eigenvalue weighted by atomic mass is 35.5. The number of ether oxygens (including phenoxy) is 1. The summed E-state index contributed by atoms with van der Waals surface area (Å²) in [7, 11) is 1.36. The van der Waals surface area contributed by atoms with Gasteiger partial charge in [0, 0.05) is 17.0 Å². The lowest BCUT2D eigenvalue weighted by Crippen LogP contribution is -2.49. The van der Waals surface area contributed by atoms with Gasteiger partial charge in [-0.25, -0.2) is 4.39 Å². The third-order valence-electron chi connectivity index (χ3n) is 5.24.